The van der Waals surface area contributed by atoms with Crippen LogP contribution in [0.5, 0.6) is 0 Å². The van der Waals surface area contributed by atoms with Crippen LogP contribution in [0.15, 0.2) is 12.1 Å². The zero-order valence-corrected chi connectivity index (χ0v) is 12.3. The van der Waals surface area contributed by atoms with Gasteiger partial charge in [0.2, 0.25) is 0 Å². The summed E-state index contributed by atoms with van der Waals surface area (Å²) in [5.74, 6) is 0. The third-order valence-electron chi connectivity index (χ3n) is 3.21. The highest BCUT2D eigenvalue weighted by Crippen LogP contribution is 2.33. The number of fused-ring (bicyclic) bond motifs is 1. The van der Waals surface area contributed by atoms with Crippen LogP contribution < -0.4 is 5.32 Å². The SMILES string of the molecule is Cc1nc2cc(NCC3COCCO3)c([N+](=O)[O-])cc2s1. The Morgan fingerprint density at radius 2 is 2.38 bits per heavy atom. The molecule has 0 radical (unpaired) electrons. The number of rotatable bonds is 4. The summed E-state index contributed by atoms with van der Waals surface area (Å²) < 4.78 is 11.7. The molecule has 21 heavy (non-hydrogen) atoms. The lowest BCUT2D eigenvalue weighted by Gasteiger charge is -2.23. The number of benzene rings is 1. The number of nitrogens with zero attached hydrogens (tertiary/aromatic N) is 2. The Hall–Kier alpha value is -1.77. The Labute approximate surface area is 125 Å². The van der Waals surface area contributed by atoms with E-state index in [-0.39, 0.29) is 16.7 Å². The van der Waals surface area contributed by atoms with Crippen LogP contribution in [0.1, 0.15) is 5.01 Å². The van der Waals surface area contributed by atoms with Crippen molar-refractivity contribution in [3.63, 3.8) is 0 Å². The number of nitro benzene ring substituents is 1. The van der Waals surface area contributed by atoms with Crippen molar-refractivity contribution in [2.75, 3.05) is 31.7 Å². The molecule has 7 nitrogen and oxygen atoms in total. The number of nitrogens with one attached hydrogen (secondary N) is 1. The molecule has 1 aliphatic heterocycles. The van der Waals surface area contributed by atoms with E-state index in [1.54, 1.807) is 12.1 Å². The van der Waals surface area contributed by atoms with Crippen LogP contribution in [0.25, 0.3) is 10.2 Å². The van der Waals surface area contributed by atoms with Crippen LogP contribution >= 0.6 is 11.3 Å². The average Bonchev–Trinajstić information content (AvgIpc) is 2.84. The first-order valence-corrected chi connectivity index (χ1v) is 7.44. The molecule has 1 aliphatic rings. The number of nitro groups is 1. The molecule has 3 rings (SSSR count). The van der Waals surface area contributed by atoms with Crippen molar-refractivity contribution in [3.8, 4) is 0 Å². The van der Waals surface area contributed by atoms with Crippen molar-refractivity contribution in [3.05, 3.63) is 27.3 Å². The highest BCUT2D eigenvalue weighted by molar-refractivity contribution is 7.18. The van der Waals surface area contributed by atoms with Crippen LogP contribution in [0.3, 0.4) is 0 Å². The third-order valence-corrected chi connectivity index (χ3v) is 4.15. The van der Waals surface area contributed by atoms with Gasteiger partial charge in [-0.2, -0.15) is 0 Å². The van der Waals surface area contributed by atoms with Gasteiger partial charge in [-0.1, -0.05) is 0 Å². The van der Waals surface area contributed by atoms with Gasteiger partial charge in [-0.15, -0.1) is 11.3 Å². The van der Waals surface area contributed by atoms with E-state index in [0.29, 0.717) is 32.1 Å². The molecular weight excluding hydrogens is 294 g/mol. The molecule has 8 heteroatoms. The van der Waals surface area contributed by atoms with Gasteiger partial charge >= 0.3 is 0 Å². The molecule has 0 bridgehead atoms. The lowest BCUT2D eigenvalue weighted by molar-refractivity contribution is -0.383. The summed E-state index contributed by atoms with van der Waals surface area (Å²) in [4.78, 5) is 15.2. The standard InChI is InChI=1S/C13H15N3O4S/c1-8-15-11-4-10(12(16(17)18)5-13(11)21-8)14-6-9-7-19-2-3-20-9/h4-5,9,14H,2-3,6-7H2,1H3. The molecule has 1 atom stereocenters. The lowest BCUT2D eigenvalue weighted by atomic mass is 10.2. The van der Waals surface area contributed by atoms with Crippen LogP contribution in [0.4, 0.5) is 11.4 Å². The Bertz CT molecular complexity index is 667. The third kappa shape index (κ3) is 3.12. The van der Waals surface area contributed by atoms with E-state index in [1.807, 2.05) is 6.92 Å². The summed E-state index contributed by atoms with van der Waals surface area (Å²) in [5, 5.41) is 15.2. The quantitative estimate of drug-likeness (QED) is 0.689. The largest absolute Gasteiger partial charge is 0.377 e. The fourth-order valence-corrected chi connectivity index (χ4v) is 3.09. The molecule has 0 spiro atoms. The van der Waals surface area contributed by atoms with Gasteiger partial charge in [-0.05, 0) is 13.0 Å². The van der Waals surface area contributed by atoms with Crippen molar-refractivity contribution in [2.45, 2.75) is 13.0 Å². The van der Waals surface area contributed by atoms with E-state index >= 15 is 0 Å². The summed E-state index contributed by atoms with van der Waals surface area (Å²) in [5.41, 5.74) is 1.29. The van der Waals surface area contributed by atoms with E-state index in [4.69, 9.17) is 9.47 Å². The minimum atomic E-state index is -0.380. The molecule has 112 valence electrons. The Morgan fingerprint density at radius 3 is 3.10 bits per heavy atom. The topological polar surface area (TPSA) is 86.5 Å². The fraction of sp³-hybridized carbons (Fsp3) is 0.462. The Balaban J connectivity index is 1.84. The minimum absolute atomic E-state index is 0.0582. The van der Waals surface area contributed by atoms with Gasteiger partial charge in [0, 0.05) is 12.6 Å². The number of aryl methyl sites for hydroxylation is 1. The Kier molecular flexibility index (Phi) is 4.00. The van der Waals surface area contributed by atoms with Crippen molar-refractivity contribution in [1.29, 1.82) is 0 Å². The van der Waals surface area contributed by atoms with E-state index in [9.17, 15) is 10.1 Å². The van der Waals surface area contributed by atoms with E-state index in [0.717, 1.165) is 15.2 Å². The smallest absolute Gasteiger partial charge is 0.293 e. The summed E-state index contributed by atoms with van der Waals surface area (Å²) in [6.45, 7) is 4.00. The van der Waals surface area contributed by atoms with Crippen LogP contribution in [-0.2, 0) is 9.47 Å². The van der Waals surface area contributed by atoms with Crippen molar-refractivity contribution >= 4 is 32.9 Å². The molecule has 1 fully saturated rings. The molecule has 2 heterocycles. The summed E-state index contributed by atoms with van der Waals surface area (Å²) in [6.07, 6.45) is -0.0915. The van der Waals surface area contributed by atoms with Crippen LogP contribution in [0.2, 0.25) is 0 Å². The van der Waals surface area contributed by atoms with Gasteiger partial charge in [0.25, 0.3) is 5.69 Å². The molecule has 1 aromatic heterocycles. The van der Waals surface area contributed by atoms with Crippen molar-refractivity contribution in [1.82, 2.24) is 4.98 Å². The molecule has 1 saturated heterocycles. The molecule has 0 saturated carbocycles. The second-order valence-electron chi connectivity index (χ2n) is 4.78. The van der Waals surface area contributed by atoms with Crippen molar-refractivity contribution in [2.24, 2.45) is 0 Å². The number of anilines is 1. The van der Waals surface area contributed by atoms with Crippen LogP contribution in [0, 0.1) is 17.0 Å². The maximum atomic E-state index is 11.2. The van der Waals surface area contributed by atoms with E-state index in [2.05, 4.69) is 10.3 Å². The second kappa shape index (κ2) is 5.92. The van der Waals surface area contributed by atoms with Crippen molar-refractivity contribution < 1.29 is 14.4 Å². The van der Waals surface area contributed by atoms with Gasteiger partial charge in [0.1, 0.15) is 5.69 Å². The normalized spacial score (nSPS) is 18.8. The number of hydrogen-bond donors (Lipinski definition) is 1. The lowest BCUT2D eigenvalue weighted by Crippen LogP contribution is -2.34. The monoisotopic (exact) mass is 309 g/mol. The molecular formula is C13H15N3O4S. The highest BCUT2D eigenvalue weighted by atomic mass is 32.1. The zero-order valence-electron chi connectivity index (χ0n) is 11.5. The Morgan fingerprint density at radius 1 is 1.52 bits per heavy atom. The molecule has 1 N–H and O–H groups in total. The molecule has 0 amide bonds. The maximum Gasteiger partial charge on any atom is 0.293 e. The summed E-state index contributed by atoms with van der Waals surface area (Å²) in [7, 11) is 0. The van der Waals surface area contributed by atoms with Gasteiger partial charge in [0.05, 0.1) is 46.1 Å². The molecule has 1 unspecified atom stereocenters. The second-order valence-corrected chi connectivity index (χ2v) is 6.01. The van der Waals surface area contributed by atoms with Crippen LogP contribution in [-0.4, -0.2) is 42.4 Å². The molecule has 1 aromatic carbocycles. The fourth-order valence-electron chi connectivity index (χ4n) is 2.25. The zero-order chi connectivity index (χ0) is 14.8. The first-order valence-electron chi connectivity index (χ1n) is 6.62. The van der Waals surface area contributed by atoms with E-state index in [1.165, 1.54) is 11.3 Å². The first-order chi connectivity index (χ1) is 10.1. The number of thiazole rings is 1. The number of hydrogen-bond acceptors (Lipinski definition) is 7. The maximum absolute atomic E-state index is 11.2. The van der Waals surface area contributed by atoms with Gasteiger partial charge in [0.15, 0.2) is 0 Å². The average molecular weight is 309 g/mol. The summed E-state index contributed by atoms with van der Waals surface area (Å²) >= 11 is 1.45. The van der Waals surface area contributed by atoms with Gasteiger partial charge in [-0.3, -0.25) is 10.1 Å². The predicted octanol–water partition coefficient (Wildman–Crippen LogP) is 2.34. The minimum Gasteiger partial charge on any atom is -0.377 e. The highest BCUT2D eigenvalue weighted by Gasteiger charge is 2.19. The number of ether oxygens (including phenoxy) is 2. The van der Waals surface area contributed by atoms with Gasteiger partial charge < -0.3 is 14.8 Å². The molecule has 2 aromatic rings. The van der Waals surface area contributed by atoms with E-state index < -0.39 is 0 Å². The molecule has 0 aliphatic carbocycles. The first kappa shape index (κ1) is 14.2. The summed E-state index contributed by atoms with van der Waals surface area (Å²) in [6, 6.07) is 3.29. The van der Waals surface area contributed by atoms with Gasteiger partial charge in [-0.25, -0.2) is 4.98 Å². The predicted molar refractivity (Wildman–Crippen MR) is 80.1 cm³/mol. The number of aromatic nitrogens is 1.